The lowest BCUT2D eigenvalue weighted by Gasteiger charge is -2.23. The van der Waals surface area contributed by atoms with Gasteiger partial charge in [-0.1, -0.05) is 11.6 Å². The summed E-state index contributed by atoms with van der Waals surface area (Å²) in [5.41, 5.74) is -1.11. The van der Waals surface area contributed by atoms with Gasteiger partial charge in [0.05, 0.1) is 28.6 Å². The number of benzene rings is 2. The molecular weight excluding hydrogens is 469 g/mol. The molecule has 2 aromatic rings. The summed E-state index contributed by atoms with van der Waals surface area (Å²) < 4.78 is 70.3. The highest BCUT2D eigenvalue weighted by Gasteiger charge is 2.34. The molecule has 1 aliphatic carbocycles. The molecule has 0 unspecified atom stereocenters. The summed E-state index contributed by atoms with van der Waals surface area (Å²) in [7, 11) is -4.06. The van der Waals surface area contributed by atoms with E-state index in [-0.39, 0.29) is 11.8 Å². The maximum absolute atomic E-state index is 13.2. The first kappa shape index (κ1) is 24.2. The Bertz CT molecular complexity index is 1070. The van der Waals surface area contributed by atoms with E-state index in [1.807, 2.05) is 0 Å². The van der Waals surface area contributed by atoms with Crippen LogP contribution in [0, 0.1) is 0 Å². The predicted molar refractivity (Wildman–Crippen MR) is 117 cm³/mol. The lowest BCUT2D eigenvalue weighted by Crippen LogP contribution is -2.37. The second-order valence-corrected chi connectivity index (χ2v) is 9.84. The van der Waals surface area contributed by atoms with Gasteiger partial charge in [-0.05, 0) is 68.1 Å². The molecule has 0 bridgehead atoms. The zero-order valence-corrected chi connectivity index (χ0v) is 18.7. The number of nitrogens with one attached hydrogen (secondary N) is 1. The third-order valence-electron chi connectivity index (χ3n) is 4.97. The van der Waals surface area contributed by atoms with Crippen LogP contribution in [0.2, 0.25) is 5.02 Å². The molecule has 2 aromatic carbocycles. The molecule has 0 saturated heterocycles. The van der Waals surface area contributed by atoms with Gasteiger partial charge >= 0.3 is 6.18 Å². The van der Waals surface area contributed by atoms with Gasteiger partial charge in [-0.25, -0.2) is 8.42 Å². The van der Waals surface area contributed by atoms with E-state index in [1.165, 1.54) is 0 Å². The minimum absolute atomic E-state index is 0.180. The highest BCUT2D eigenvalue weighted by Crippen LogP contribution is 2.37. The fourth-order valence-corrected chi connectivity index (χ4v) is 4.51. The molecule has 0 aromatic heterocycles. The molecule has 6 nitrogen and oxygen atoms in total. The summed E-state index contributed by atoms with van der Waals surface area (Å²) in [5, 5.41) is 1.97. The molecule has 1 aliphatic rings. The van der Waals surface area contributed by atoms with Crippen molar-refractivity contribution in [2.24, 2.45) is 0 Å². The van der Waals surface area contributed by atoms with Gasteiger partial charge in [0.25, 0.3) is 0 Å². The Balaban J connectivity index is 1.72. The lowest BCUT2D eigenvalue weighted by molar-refractivity contribution is -0.137. The smallest absolute Gasteiger partial charge is 0.417 e. The zero-order chi connectivity index (χ0) is 23.5. The van der Waals surface area contributed by atoms with Crippen molar-refractivity contribution in [2.75, 3.05) is 22.4 Å². The Labute approximate surface area is 189 Å². The van der Waals surface area contributed by atoms with Crippen molar-refractivity contribution in [1.29, 1.82) is 0 Å². The van der Waals surface area contributed by atoms with Gasteiger partial charge in [-0.15, -0.1) is 0 Å². The van der Waals surface area contributed by atoms with Gasteiger partial charge < -0.3 is 10.1 Å². The SMILES string of the molecule is CS(=O)(=O)N(CC(=O)Nc1ccc(OC2CCCC2)cc1)c1ccc(Cl)c(C(F)(F)F)c1. The van der Waals surface area contributed by atoms with Gasteiger partial charge in [0.1, 0.15) is 12.3 Å². The zero-order valence-electron chi connectivity index (χ0n) is 17.2. The molecule has 1 saturated carbocycles. The van der Waals surface area contributed by atoms with Crippen LogP contribution in [0.15, 0.2) is 42.5 Å². The third kappa shape index (κ3) is 6.29. The normalized spacial score (nSPS) is 14.9. The summed E-state index contributed by atoms with van der Waals surface area (Å²) in [6.45, 7) is -0.710. The van der Waals surface area contributed by atoms with Crippen LogP contribution >= 0.6 is 11.6 Å². The van der Waals surface area contributed by atoms with E-state index in [0.29, 0.717) is 21.8 Å². The van der Waals surface area contributed by atoms with Gasteiger partial charge in [0.2, 0.25) is 15.9 Å². The van der Waals surface area contributed by atoms with Crippen LogP contribution in [0.5, 0.6) is 5.75 Å². The average Bonchev–Trinajstić information content (AvgIpc) is 3.19. The van der Waals surface area contributed by atoms with E-state index in [1.54, 1.807) is 24.3 Å². The second-order valence-electron chi connectivity index (χ2n) is 7.53. The number of carbonyl (C=O) groups excluding carboxylic acids is 1. The highest BCUT2D eigenvalue weighted by molar-refractivity contribution is 7.92. The number of rotatable bonds is 7. The molecule has 0 heterocycles. The standard InChI is InChI=1S/C21H22ClF3N2O4S/c1-32(29,30)27(15-8-11-19(22)18(12-15)21(23,24)25)13-20(28)26-14-6-9-17(10-7-14)31-16-4-2-3-5-16/h6-12,16H,2-5,13H2,1H3,(H,26,28). The third-order valence-corrected chi connectivity index (χ3v) is 6.44. The van der Waals surface area contributed by atoms with Gasteiger partial charge in [-0.2, -0.15) is 13.2 Å². The number of halogens is 4. The van der Waals surface area contributed by atoms with E-state index in [4.69, 9.17) is 16.3 Å². The molecule has 0 radical (unpaired) electrons. The minimum atomic E-state index is -4.78. The number of amides is 1. The van der Waals surface area contributed by atoms with Crippen molar-refractivity contribution < 1.29 is 31.1 Å². The molecule has 0 spiro atoms. The summed E-state index contributed by atoms with van der Waals surface area (Å²) in [4.78, 5) is 12.5. The fourth-order valence-electron chi connectivity index (χ4n) is 3.43. The van der Waals surface area contributed by atoms with Gasteiger partial charge in [0, 0.05) is 5.69 Å². The summed E-state index contributed by atoms with van der Waals surface area (Å²) >= 11 is 5.60. The molecule has 1 amide bonds. The quantitative estimate of drug-likeness (QED) is 0.587. The molecule has 1 N–H and O–H groups in total. The van der Waals surface area contributed by atoms with Gasteiger partial charge in [-0.3, -0.25) is 9.10 Å². The Morgan fingerprint density at radius 3 is 2.34 bits per heavy atom. The first-order chi connectivity index (χ1) is 14.9. The number of anilines is 2. The maximum atomic E-state index is 13.2. The van der Waals surface area contributed by atoms with Crippen molar-refractivity contribution in [3.8, 4) is 5.75 Å². The van der Waals surface area contributed by atoms with Crippen LogP contribution in [0.1, 0.15) is 31.2 Å². The van der Waals surface area contributed by atoms with E-state index in [2.05, 4.69) is 5.32 Å². The van der Waals surface area contributed by atoms with Gasteiger partial charge in [0.15, 0.2) is 0 Å². The summed E-state index contributed by atoms with van der Waals surface area (Å²) in [6.07, 6.45) is 0.473. The molecule has 3 rings (SSSR count). The first-order valence-corrected chi connectivity index (χ1v) is 12.1. The van der Waals surface area contributed by atoms with Crippen molar-refractivity contribution in [2.45, 2.75) is 38.0 Å². The molecule has 0 aliphatic heterocycles. The van der Waals surface area contributed by atoms with Crippen molar-refractivity contribution >= 4 is 38.9 Å². The van der Waals surface area contributed by atoms with Crippen LogP contribution in [0.25, 0.3) is 0 Å². The molecule has 174 valence electrons. The van der Waals surface area contributed by atoms with Crippen LogP contribution < -0.4 is 14.4 Å². The summed E-state index contributed by atoms with van der Waals surface area (Å²) in [5.74, 6) is -0.0584. The van der Waals surface area contributed by atoms with Crippen molar-refractivity contribution in [1.82, 2.24) is 0 Å². The number of sulfonamides is 1. The number of hydrogen-bond donors (Lipinski definition) is 1. The number of alkyl halides is 3. The predicted octanol–water partition coefficient (Wildman–Crippen LogP) is 5.08. The van der Waals surface area contributed by atoms with Crippen LogP contribution in [-0.2, 0) is 21.0 Å². The number of ether oxygens (including phenoxy) is 1. The van der Waals surface area contributed by atoms with E-state index in [0.717, 1.165) is 44.1 Å². The van der Waals surface area contributed by atoms with E-state index < -0.39 is 39.2 Å². The highest BCUT2D eigenvalue weighted by atomic mass is 35.5. The van der Waals surface area contributed by atoms with Crippen LogP contribution in [0.3, 0.4) is 0 Å². The molecular formula is C21H22ClF3N2O4S. The van der Waals surface area contributed by atoms with E-state index in [9.17, 15) is 26.4 Å². The van der Waals surface area contributed by atoms with E-state index >= 15 is 0 Å². The van der Waals surface area contributed by atoms with Crippen molar-refractivity contribution in [3.05, 3.63) is 53.1 Å². The maximum Gasteiger partial charge on any atom is 0.417 e. The molecule has 11 heteroatoms. The van der Waals surface area contributed by atoms with Crippen LogP contribution in [-0.4, -0.2) is 33.2 Å². The topological polar surface area (TPSA) is 75.7 Å². The Morgan fingerprint density at radius 2 is 1.78 bits per heavy atom. The monoisotopic (exact) mass is 490 g/mol. The summed E-state index contributed by atoms with van der Waals surface area (Å²) in [6, 6.07) is 9.26. The second kappa shape index (κ2) is 9.58. The Kier molecular flexibility index (Phi) is 7.24. The largest absolute Gasteiger partial charge is 0.490 e. The minimum Gasteiger partial charge on any atom is -0.490 e. The van der Waals surface area contributed by atoms with Crippen LogP contribution in [0.4, 0.5) is 24.5 Å². The lowest BCUT2D eigenvalue weighted by atomic mass is 10.2. The average molecular weight is 491 g/mol. The Hall–Kier alpha value is -2.46. The Morgan fingerprint density at radius 1 is 1.16 bits per heavy atom. The number of nitrogens with zero attached hydrogens (tertiary/aromatic N) is 1. The molecule has 1 fully saturated rings. The fraction of sp³-hybridized carbons (Fsp3) is 0.381. The first-order valence-electron chi connectivity index (χ1n) is 9.84. The van der Waals surface area contributed by atoms with Crippen molar-refractivity contribution in [3.63, 3.8) is 0 Å². The molecule has 32 heavy (non-hydrogen) atoms. The molecule has 0 atom stereocenters. The number of carbonyl (C=O) groups is 1. The number of hydrogen-bond acceptors (Lipinski definition) is 4.